The van der Waals surface area contributed by atoms with Gasteiger partial charge in [-0.25, -0.2) is 9.59 Å². The lowest BCUT2D eigenvalue weighted by molar-refractivity contribution is -0.156. The number of rotatable bonds is 2. The average Bonchev–Trinajstić information content (AvgIpc) is 1.85. The van der Waals surface area contributed by atoms with Crippen LogP contribution in [-0.2, 0) is 9.47 Å². The van der Waals surface area contributed by atoms with Crippen LogP contribution in [0.3, 0.4) is 0 Å². The Labute approximate surface area is 75.4 Å². The molecule has 13 heavy (non-hydrogen) atoms. The van der Waals surface area contributed by atoms with Crippen LogP contribution in [0.5, 0.6) is 0 Å². The first-order valence-corrected chi connectivity index (χ1v) is 3.17. The maximum Gasteiger partial charge on any atom is 0.509 e. The Hall–Kier alpha value is -1.72. The average molecular weight is 192 g/mol. The Bertz CT molecular complexity index is 167. The summed E-state index contributed by atoms with van der Waals surface area (Å²) >= 11 is 0. The van der Waals surface area contributed by atoms with Crippen molar-refractivity contribution in [2.75, 3.05) is 0 Å². The summed E-state index contributed by atoms with van der Waals surface area (Å²) in [5, 5.41) is 16.1. The summed E-state index contributed by atoms with van der Waals surface area (Å²) in [6.07, 6.45) is -3.17. The first-order chi connectivity index (χ1) is 5.83. The quantitative estimate of drug-likeness (QED) is 0.394. The Morgan fingerprint density at radius 3 is 1.46 bits per heavy atom. The molecule has 0 fully saturated rings. The van der Waals surface area contributed by atoms with Crippen molar-refractivity contribution in [2.45, 2.75) is 19.6 Å². The van der Waals surface area contributed by atoms with Gasteiger partial charge in [0.2, 0.25) is 0 Å². The number of hydrogen-bond donors (Lipinski definition) is 2. The second-order valence-electron chi connectivity index (χ2n) is 2.14. The van der Waals surface area contributed by atoms with Crippen LogP contribution in [0, 0.1) is 0 Å². The molecule has 0 aliphatic heterocycles. The summed E-state index contributed by atoms with van der Waals surface area (Å²) in [6.45, 7) is 8.35. The molecule has 0 saturated carbocycles. The normalized spacial score (nSPS) is 9.08. The molecule has 0 unspecified atom stereocenters. The van der Waals surface area contributed by atoms with Crippen LogP contribution in [0.15, 0.2) is 13.2 Å². The topological polar surface area (TPSA) is 93.1 Å². The fourth-order valence-corrected chi connectivity index (χ4v) is 0.441. The van der Waals surface area contributed by atoms with E-state index in [1.807, 2.05) is 0 Å². The van der Waals surface area contributed by atoms with Gasteiger partial charge in [-0.2, -0.15) is 0 Å². The molecule has 6 nitrogen and oxygen atoms in total. The van der Waals surface area contributed by atoms with Gasteiger partial charge in [-0.3, -0.25) is 0 Å². The number of hydrogen-bond acceptors (Lipinski definition) is 4. The zero-order valence-electron chi connectivity index (χ0n) is 7.44. The third-order valence-corrected chi connectivity index (χ3v) is 0.666. The van der Waals surface area contributed by atoms with Crippen molar-refractivity contribution in [2.24, 2.45) is 0 Å². The van der Waals surface area contributed by atoms with Crippen molar-refractivity contribution < 1.29 is 29.3 Å². The van der Waals surface area contributed by atoms with Gasteiger partial charge in [0.05, 0.1) is 0 Å². The van der Waals surface area contributed by atoms with Gasteiger partial charge in [0.25, 0.3) is 5.79 Å². The van der Waals surface area contributed by atoms with E-state index in [1.54, 1.807) is 0 Å². The maximum absolute atomic E-state index is 9.90. The number of carbonyl (C=O) groups is 2. The molecule has 0 aliphatic carbocycles. The van der Waals surface area contributed by atoms with Crippen LogP contribution in [0.2, 0.25) is 0 Å². The second kappa shape index (κ2) is 5.87. The fraction of sp³-hybridized carbons (Fsp3) is 0.429. The molecule has 0 bridgehead atoms. The third kappa shape index (κ3) is 10.3. The molecule has 0 rings (SSSR count). The van der Waals surface area contributed by atoms with E-state index in [4.69, 9.17) is 10.2 Å². The van der Waals surface area contributed by atoms with Crippen LogP contribution in [0.1, 0.15) is 13.8 Å². The maximum atomic E-state index is 9.90. The van der Waals surface area contributed by atoms with Crippen molar-refractivity contribution in [3.8, 4) is 0 Å². The predicted molar refractivity (Wildman–Crippen MR) is 43.6 cm³/mol. The summed E-state index contributed by atoms with van der Waals surface area (Å²) in [5.74, 6) is -1.66. The van der Waals surface area contributed by atoms with E-state index in [-0.39, 0.29) is 0 Å². The van der Waals surface area contributed by atoms with Gasteiger partial charge < -0.3 is 19.7 Å². The molecular weight excluding hydrogens is 180 g/mol. The minimum atomic E-state index is -1.66. The van der Waals surface area contributed by atoms with E-state index >= 15 is 0 Å². The molecule has 0 amide bonds. The van der Waals surface area contributed by atoms with E-state index in [1.165, 1.54) is 13.8 Å². The lowest BCUT2D eigenvalue weighted by atomic mass is 10.4. The smallest absolute Gasteiger partial charge is 0.450 e. The molecular formula is C7H12O6. The standard InChI is InChI=1S/C5H8O6.C2H4/c1-5(2,10-3(6)7)11-4(8)9;1-2/h1-2H3,(H,6,7)(H,8,9);1-2H2. The highest BCUT2D eigenvalue weighted by molar-refractivity contribution is 5.59. The summed E-state index contributed by atoms with van der Waals surface area (Å²) in [7, 11) is 0. The Morgan fingerprint density at radius 1 is 1.08 bits per heavy atom. The molecule has 0 aromatic carbocycles. The first kappa shape index (κ1) is 13.8. The van der Waals surface area contributed by atoms with E-state index in [0.717, 1.165) is 0 Å². The van der Waals surface area contributed by atoms with Gasteiger partial charge in [-0.15, -0.1) is 13.2 Å². The molecule has 0 radical (unpaired) electrons. The van der Waals surface area contributed by atoms with E-state index < -0.39 is 18.1 Å². The molecule has 76 valence electrons. The van der Waals surface area contributed by atoms with Crippen LogP contribution < -0.4 is 0 Å². The summed E-state index contributed by atoms with van der Waals surface area (Å²) in [5.41, 5.74) is 0. The van der Waals surface area contributed by atoms with Gasteiger partial charge in [-0.05, 0) is 0 Å². The molecule has 0 aromatic heterocycles. The SMILES string of the molecule is C=C.CC(C)(OC(=O)O)OC(=O)O. The van der Waals surface area contributed by atoms with E-state index in [9.17, 15) is 9.59 Å². The monoisotopic (exact) mass is 192 g/mol. The second-order valence-corrected chi connectivity index (χ2v) is 2.14. The molecule has 0 saturated heterocycles. The molecule has 0 spiro atoms. The molecule has 0 aliphatic rings. The summed E-state index contributed by atoms with van der Waals surface area (Å²) in [6, 6.07) is 0. The molecule has 6 heteroatoms. The van der Waals surface area contributed by atoms with Crippen molar-refractivity contribution in [3.05, 3.63) is 13.2 Å². The van der Waals surface area contributed by atoms with Gasteiger partial charge in [-0.1, -0.05) is 0 Å². The van der Waals surface area contributed by atoms with E-state index in [2.05, 4.69) is 22.6 Å². The molecule has 0 aromatic rings. The van der Waals surface area contributed by atoms with Crippen LogP contribution >= 0.6 is 0 Å². The van der Waals surface area contributed by atoms with Crippen molar-refractivity contribution in [1.29, 1.82) is 0 Å². The number of carboxylic acid groups (broad SMARTS) is 2. The van der Waals surface area contributed by atoms with Crippen LogP contribution in [0.4, 0.5) is 9.59 Å². The predicted octanol–water partition coefficient (Wildman–Crippen LogP) is 1.91. The van der Waals surface area contributed by atoms with Crippen molar-refractivity contribution >= 4 is 12.3 Å². The molecule has 0 heterocycles. The molecule has 2 N–H and O–H groups in total. The largest absolute Gasteiger partial charge is 0.509 e. The minimum absolute atomic E-state index is 1.18. The van der Waals surface area contributed by atoms with Crippen molar-refractivity contribution in [3.63, 3.8) is 0 Å². The van der Waals surface area contributed by atoms with Crippen LogP contribution in [0.25, 0.3) is 0 Å². The van der Waals surface area contributed by atoms with Gasteiger partial charge in [0, 0.05) is 13.8 Å². The zero-order chi connectivity index (χ0) is 11.1. The van der Waals surface area contributed by atoms with Gasteiger partial charge in [0.15, 0.2) is 0 Å². The third-order valence-electron chi connectivity index (χ3n) is 0.666. The Balaban J connectivity index is 0. The molecule has 0 atom stereocenters. The fourth-order valence-electron chi connectivity index (χ4n) is 0.441. The van der Waals surface area contributed by atoms with Crippen molar-refractivity contribution in [1.82, 2.24) is 0 Å². The van der Waals surface area contributed by atoms with Crippen LogP contribution in [-0.4, -0.2) is 28.3 Å². The zero-order valence-corrected chi connectivity index (χ0v) is 7.44. The number of ether oxygens (including phenoxy) is 2. The summed E-state index contributed by atoms with van der Waals surface area (Å²) in [4.78, 5) is 19.8. The highest BCUT2D eigenvalue weighted by atomic mass is 16.8. The highest BCUT2D eigenvalue weighted by Crippen LogP contribution is 2.10. The van der Waals surface area contributed by atoms with E-state index in [0.29, 0.717) is 0 Å². The minimum Gasteiger partial charge on any atom is -0.450 e. The lowest BCUT2D eigenvalue weighted by Crippen LogP contribution is -2.32. The van der Waals surface area contributed by atoms with Gasteiger partial charge >= 0.3 is 12.3 Å². The Kier molecular flexibility index (Phi) is 6.25. The van der Waals surface area contributed by atoms with Gasteiger partial charge in [0.1, 0.15) is 0 Å². The highest BCUT2D eigenvalue weighted by Gasteiger charge is 2.26. The lowest BCUT2D eigenvalue weighted by Gasteiger charge is -2.20. The summed E-state index contributed by atoms with van der Waals surface area (Å²) < 4.78 is 8.12. The first-order valence-electron chi connectivity index (χ1n) is 3.17. The Morgan fingerprint density at radius 2 is 1.31 bits per heavy atom.